The van der Waals surface area contributed by atoms with E-state index in [0.717, 1.165) is 31.9 Å². The van der Waals surface area contributed by atoms with Gasteiger partial charge in [-0.1, -0.05) is 12.1 Å². The average molecular weight is 349 g/mol. The molecule has 0 bridgehead atoms. The molecule has 1 aromatic rings. The Hall–Kier alpha value is -1.96. The van der Waals surface area contributed by atoms with Gasteiger partial charge in [-0.15, -0.1) is 0 Å². The Labute approximate surface area is 148 Å². The number of carbonyl (C=O) groups is 2. The molecular weight excluding hydrogens is 322 g/mol. The molecule has 2 rings (SSSR count). The first-order chi connectivity index (χ1) is 11.9. The fraction of sp³-hybridized carbons (Fsp3) is 0.556. The van der Waals surface area contributed by atoms with Gasteiger partial charge in [0, 0.05) is 30.7 Å². The molecule has 1 heterocycles. The summed E-state index contributed by atoms with van der Waals surface area (Å²) >= 11 is 0. The van der Waals surface area contributed by atoms with Gasteiger partial charge in [0.05, 0.1) is 20.3 Å². The highest BCUT2D eigenvalue weighted by atomic mass is 16.5. The van der Waals surface area contributed by atoms with Gasteiger partial charge in [0.2, 0.25) is 0 Å². The van der Waals surface area contributed by atoms with Crippen molar-refractivity contribution in [3.05, 3.63) is 35.4 Å². The number of ether oxygens (including phenoxy) is 2. The van der Waals surface area contributed by atoms with Crippen LogP contribution in [0.4, 0.5) is 0 Å². The number of carbonyl (C=O) groups excluding carboxylic acids is 2. The predicted molar refractivity (Wildman–Crippen MR) is 94.2 cm³/mol. The van der Waals surface area contributed by atoms with Crippen molar-refractivity contribution in [1.82, 2.24) is 10.2 Å². The van der Waals surface area contributed by atoms with E-state index >= 15 is 0 Å². The SMILES string of the molecule is COC(=O)[C@@H](NC(=O)c1ccc(C(C)N2CCOCC2)cc1)[C@@H](C)N. The van der Waals surface area contributed by atoms with Crippen molar-refractivity contribution >= 4 is 11.9 Å². The maximum atomic E-state index is 12.4. The van der Waals surface area contributed by atoms with Crippen molar-refractivity contribution in [3.8, 4) is 0 Å². The maximum absolute atomic E-state index is 12.4. The van der Waals surface area contributed by atoms with Crippen LogP contribution in [0.3, 0.4) is 0 Å². The third-order valence-corrected chi connectivity index (χ3v) is 4.52. The van der Waals surface area contributed by atoms with Crippen LogP contribution in [0.15, 0.2) is 24.3 Å². The molecular formula is C18H27N3O4. The Morgan fingerprint density at radius 3 is 2.32 bits per heavy atom. The summed E-state index contributed by atoms with van der Waals surface area (Å²) in [6.07, 6.45) is 0. The van der Waals surface area contributed by atoms with E-state index < -0.39 is 18.1 Å². The normalized spacial score (nSPS) is 18.9. The fourth-order valence-electron chi connectivity index (χ4n) is 2.85. The molecule has 0 radical (unpaired) electrons. The molecule has 25 heavy (non-hydrogen) atoms. The summed E-state index contributed by atoms with van der Waals surface area (Å²) in [6.45, 7) is 7.09. The van der Waals surface area contributed by atoms with Crippen molar-refractivity contribution in [2.75, 3.05) is 33.4 Å². The number of nitrogens with two attached hydrogens (primary N) is 1. The lowest BCUT2D eigenvalue weighted by atomic mass is 10.0. The number of morpholine rings is 1. The minimum atomic E-state index is -0.871. The van der Waals surface area contributed by atoms with Gasteiger partial charge in [0.25, 0.3) is 5.91 Å². The number of methoxy groups -OCH3 is 1. The van der Waals surface area contributed by atoms with E-state index in [1.54, 1.807) is 19.1 Å². The van der Waals surface area contributed by atoms with E-state index in [0.29, 0.717) is 5.56 Å². The molecule has 1 saturated heterocycles. The number of benzene rings is 1. The number of hydrogen-bond acceptors (Lipinski definition) is 6. The highest BCUT2D eigenvalue weighted by molar-refractivity contribution is 5.97. The van der Waals surface area contributed by atoms with E-state index in [4.69, 9.17) is 10.5 Å². The summed E-state index contributed by atoms with van der Waals surface area (Å²) in [6, 6.07) is 6.24. The molecule has 0 saturated carbocycles. The quantitative estimate of drug-likeness (QED) is 0.734. The standard InChI is InChI=1S/C18H27N3O4/c1-12(19)16(18(23)24-3)20-17(22)15-6-4-14(5-7-15)13(2)21-8-10-25-11-9-21/h4-7,12-13,16H,8-11,19H2,1-3H3,(H,20,22)/t12-,13?,16+/m1/s1. The maximum Gasteiger partial charge on any atom is 0.329 e. The van der Waals surface area contributed by atoms with Crippen LogP contribution in [0.5, 0.6) is 0 Å². The van der Waals surface area contributed by atoms with E-state index in [1.165, 1.54) is 7.11 Å². The second-order valence-electron chi connectivity index (χ2n) is 6.28. The lowest BCUT2D eigenvalue weighted by Crippen LogP contribution is -2.51. The molecule has 1 aromatic carbocycles. The van der Waals surface area contributed by atoms with Gasteiger partial charge in [0.1, 0.15) is 6.04 Å². The average Bonchev–Trinajstić information content (AvgIpc) is 2.65. The fourth-order valence-corrected chi connectivity index (χ4v) is 2.85. The largest absolute Gasteiger partial charge is 0.467 e. The van der Waals surface area contributed by atoms with Crippen LogP contribution in [-0.4, -0.2) is 62.3 Å². The van der Waals surface area contributed by atoms with Crippen LogP contribution in [0.2, 0.25) is 0 Å². The Kier molecular flexibility index (Phi) is 6.92. The first-order valence-electron chi connectivity index (χ1n) is 8.50. The zero-order valence-electron chi connectivity index (χ0n) is 15.0. The highest BCUT2D eigenvalue weighted by Crippen LogP contribution is 2.21. The molecule has 1 aliphatic rings. The summed E-state index contributed by atoms with van der Waals surface area (Å²) < 4.78 is 10.1. The van der Waals surface area contributed by atoms with Crippen molar-refractivity contribution in [2.45, 2.75) is 32.0 Å². The zero-order valence-corrected chi connectivity index (χ0v) is 15.0. The summed E-state index contributed by atoms with van der Waals surface area (Å²) in [5.74, 6) is -0.904. The van der Waals surface area contributed by atoms with Crippen LogP contribution in [0, 0.1) is 0 Å². The molecule has 138 valence electrons. The third kappa shape index (κ3) is 5.01. The molecule has 0 aromatic heterocycles. The molecule has 3 N–H and O–H groups in total. The monoisotopic (exact) mass is 349 g/mol. The van der Waals surface area contributed by atoms with Crippen molar-refractivity contribution in [3.63, 3.8) is 0 Å². The number of rotatable bonds is 6. The molecule has 7 heteroatoms. The second-order valence-corrected chi connectivity index (χ2v) is 6.28. The predicted octanol–water partition coefficient (Wildman–Crippen LogP) is 0.698. The Bertz CT molecular complexity index is 582. The highest BCUT2D eigenvalue weighted by Gasteiger charge is 2.26. The van der Waals surface area contributed by atoms with Gasteiger partial charge in [-0.3, -0.25) is 9.69 Å². The first-order valence-corrected chi connectivity index (χ1v) is 8.50. The Morgan fingerprint density at radius 2 is 1.80 bits per heavy atom. The minimum Gasteiger partial charge on any atom is -0.467 e. The zero-order chi connectivity index (χ0) is 18.4. The molecule has 1 amide bonds. The lowest BCUT2D eigenvalue weighted by molar-refractivity contribution is -0.143. The molecule has 0 aliphatic carbocycles. The van der Waals surface area contributed by atoms with Crippen molar-refractivity contribution in [2.24, 2.45) is 5.73 Å². The topological polar surface area (TPSA) is 93.9 Å². The van der Waals surface area contributed by atoms with E-state index in [1.807, 2.05) is 12.1 Å². The number of nitrogens with zero attached hydrogens (tertiary/aromatic N) is 1. The smallest absolute Gasteiger partial charge is 0.329 e. The number of esters is 1. The lowest BCUT2D eigenvalue weighted by Gasteiger charge is -2.32. The summed E-state index contributed by atoms with van der Waals surface area (Å²) in [5, 5.41) is 2.63. The summed E-state index contributed by atoms with van der Waals surface area (Å²) in [4.78, 5) is 26.4. The summed E-state index contributed by atoms with van der Waals surface area (Å²) in [7, 11) is 1.27. The third-order valence-electron chi connectivity index (χ3n) is 4.52. The van der Waals surface area contributed by atoms with E-state index in [2.05, 4.69) is 21.9 Å². The Balaban J connectivity index is 2.03. The molecule has 1 aliphatic heterocycles. The van der Waals surface area contributed by atoms with Gasteiger partial charge in [-0.05, 0) is 31.5 Å². The van der Waals surface area contributed by atoms with Gasteiger partial charge in [0.15, 0.2) is 0 Å². The van der Waals surface area contributed by atoms with Crippen LogP contribution < -0.4 is 11.1 Å². The van der Waals surface area contributed by atoms with Crippen molar-refractivity contribution in [1.29, 1.82) is 0 Å². The molecule has 0 spiro atoms. The van der Waals surface area contributed by atoms with Crippen LogP contribution in [0.1, 0.15) is 35.8 Å². The van der Waals surface area contributed by atoms with Gasteiger partial charge >= 0.3 is 5.97 Å². The van der Waals surface area contributed by atoms with Crippen molar-refractivity contribution < 1.29 is 19.1 Å². The molecule has 1 unspecified atom stereocenters. The molecule has 3 atom stereocenters. The first kappa shape index (κ1) is 19.4. The number of nitrogens with one attached hydrogen (secondary N) is 1. The number of amides is 1. The Morgan fingerprint density at radius 1 is 1.20 bits per heavy atom. The molecule has 7 nitrogen and oxygen atoms in total. The van der Waals surface area contributed by atoms with E-state index in [-0.39, 0.29) is 11.9 Å². The van der Waals surface area contributed by atoms with Crippen LogP contribution >= 0.6 is 0 Å². The van der Waals surface area contributed by atoms with Crippen LogP contribution in [-0.2, 0) is 14.3 Å². The van der Waals surface area contributed by atoms with Gasteiger partial charge in [-0.25, -0.2) is 4.79 Å². The summed E-state index contributed by atoms with van der Waals surface area (Å²) in [5.41, 5.74) is 7.37. The van der Waals surface area contributed by atoms with Crippen LogP contribution in [0.25, 0.3) is 0 Å². The van der Waals surface area contributed by atoms with Gasteiger partial charge in [-0.2, -0.15) is 0 Å². The number of hydrogen-bond donors (Lipinski definition) is 2. The molecule has 1 fully saturated rings. The van der Waals surface area contributed by atoms with E-state index in [9.17, 15) is 9.59 Å². The minimum absolute atomic E-state index is 0.257. The van der Waals surface area contributed by atoms with Gasteiger partial charge < -0.3 is 20.5 Å². The second kappa shape index (κ2) is 8.94.